The average molecular weight is 246 g/mol. The lowest BCUT2D eigenvalue weighted by molar-refractivity contribution is 0.0956. The van der Waals surface area contributed by atoms with Gasteiger partial charge in [-0.25, -0.2) is 0 Å². The molecule has 0 radical (unpaired) electrons. The first-order chi connectivity index (χ1) is 8.57. The van der Waals surface area contributed by atoms with Gasteiger partial charge in [-0.1, -0.05) is 19.1 Å². The molecule has 1 aliphatic rings. The number of carbonyl (C=O) groups excluding carboxylic acids is 1. The van der Waals surface area contributed by atoms with Crippen LogP contribution in [-0.4, -0.2) is 17.4 Å². The van der Waals surface area contributed by atoms with Gasteiger partial charge in [0.25, 0.3) is 11.5 Å². The quantitative estimate of drug-likeness (QED) is 0.795. The molecule has 2 N–H and O–H groups in total. The zero-order valence-corrected chi connectivity index (χ0v) is 10.7. The van der Waals surface area contributed by atoms with Crippen LogP contribution >= 0.6 is 0 Å². The van der Waals surface area contributed by atoms with Gasteiger partial charge in [-0.2, -0.15) is 0 Å². The van der Waals surface area contributed by atoms with Gasteiger partial charge in [0.15, 0.2) is 0 Å². The molecule has 1 aromatic heterocycles. The summed E-state index contributed by atoms with van der Waals surface area (Å²) < 4.78 is 0. The standard InChI is InChI=1S/C14H18N2O2/c1-3-4-9-15-12(17)10-5-6-11(16-13(10)18)14(2)7-8-14/h3-6H,7-9H2,1-2H3,(H,15,17)(H,16,18)/b4-3+. The molecule has 1 aromatic rings. The fourth-order valence-corrected chi connectivity index (χ4v) is 1.83. The SMILES string of the molecule is C/C=C/CNC(=O)c1ccc(C2(C)CC2)[nH]c1=O. The second-order valence-electron chi connectivity index (χ2n) is 4.95. The molecule has 4 nitrogen and oxygen atoms in total. The third-order valence-corrected chi connectivity index (χ3v) is 3.42. The van der Waals surface area contributed by atoms with E-state index in [9.17, 15) is 9.59 Å². The molecule has 0 spiro atoms. The fraction of sp³-hybridized carbons (Fsp3) is 0.429. The highest BCUT2D eigenvalue weighted by molar-refractivity contribution is 5.93. The summed E-state index contributed by atoms with van der Waals surface area (Å²) in [4.78, 5) is 26.4. The molecule has 0 atom stereocenters. The highest BCUT2D eigenvalue weighted by Crippen LogP contribution is 2.46. The van der Waals surface area contributed by atoms with Crippen LogP contribution in [-0.2, 0) is 5.41 Å². The smallest absolute Gasteiger partial charge is 0.261 e. The second kappa shape index (κ2) is 4.80. The van der Waals surface area contributed by atoms with Crippen LogP contribution in [0.3, 0.4) is 0 Å². The van der Waals surface area contributed by atoms with Crippen molar-refractivity contribution in [2.75, 3.05) is 6.54 Å². The van der Waals surface area contributed by atoms with Crippen molar-refractivity contribution >= 4 is 5.91 Å². The Morgan fingerprint density at radius 3 is 2.78 bits per heavy atom. The Balaban J connectivity index is 2.14. The number of aromatic amines is 1. The van der Waals surface area contributed by atoms with Crippen molar-refractivity contribution < 1.29 is 4.79 Å². The minimum atomic E-state index is -0.332. The largest absolute Gasteiger partial charge is 0.348 e. The van der Waals surface area contributed by atoms with Crippen LogP contribution in [0.1, 0.15) is 42.7 Å². The molecular weight excluding hydrogens is 228 g/mol. The fourth-order valence-electron chi connectivity index (χ4n) is 1.83. The molecule has 0 aromatic carbocycles. The number of amides is 1. The van der Waals surface area contributed by atoms with E-state index < -0.39 is 0 Å². The van der Waals surface area contributed by atoms with Crippen molar-refractivity contribution in [3.63, 3.8) is 0 Å². The number of H-pyrrole nitrogens is 1. The third kappa shape index (κ3) is 2.53. The number of pyridine rings is 1. The summed E-state index contributed by atoms with van der Waals surface area (Å²) in [6.45, 7) is 4.43. The molecule has 0 bridgehead atoms. The van der Waals surface area contributed by atoms with Crippen LogP contribution in [0.25, 0.3) is 0 Å². The Hall–Kier alpha value is -1.84. The Morgan fingerprint density at radius 2 is 2.22 bits per heavy atom. The van der Waals surface area contributed by atoms with Gasteiger partial charge in [0, 0.05) is 17.7 Å². The maximum Gasteiger partial charge on any atom is 0.261 e. The van der Waals surface area contributed by atoms with Gasteiger partial charge < -0.3 is 10.3 Å². The molecule has 0 unspecified atom stereocenters. The van der Waals surface area contributed by atoms with Crippen molar-refractivity contribution in [3.05, 3.63) is 45.9 Å². The van der Waals surface area contributed by atoms with E-state index in [4.69, 9.17) is 0 Å². The molecule has 1 aliphatic carbocycles. The first kappa shape index (κ1) is 12.6. The van der Waals surface area contributed by atoms with Crippen LogP contribution < -0.4 is 10.9 Å². The minimum absolute atomic E-state index is 0.110. The number of aromatic nitrogens is 1. The Kier molecular flexibility index (Phi) is 3.36. The second-order valence-corrected chi connectivity index (χ2v) is 4.95. The lowest BCUT2D eigenvalue weighted by Crippen LogP contribution is -2.30. The van der Waals surface area contributed by atoms with Crippen LogP contribution in [0.5, 0.6) is 0 Å². The summed E-state index contributed by atoms with van der Waals surface area (Å²) in [5, 5.41) is 2.67. The number of hydrogen-bond acceptors (Lipinski definition) is 2. The van der Waals surface area contributed by atoms with Gasteiger partial charge in [-0.3, -0.25) is 9.59 Å². The first-order valence-corrected chi connectivity index (χ1v) is 6.20. The summed E-state index contributed by atoms with van der Waals surface area (Å²) in [5.41, 5.74) is 0.905. The maximum atomic E-state index is 11.9. The lowest BCUT2D eigenvalue weighted by Gasteiger charge is -2.09. The minimum Gasteiger partial charge on any atom is -0.348 e. The molecule has 18 heavy (non-hydrogen) atoms. The van der Waals surface area contributed by atoms with Gasteiger partial charge in [-0.15, -0.1) is 0 Å². The molecular formula is C14H18N2O2. The van der Waals surface area contributed by atoms with Crippen LogP contribution in [0.4, 0.5) is 0 Å². The summed E-state index contributed by atoms with van der Waals surface area (Å²) in [7, 11) is 0. The summed E-state index contributed by atoms with van der Waals surface area (Å²) in [6.07, 6.45) is 5.86. The average Bonchev–Trinajstić information content (AvgIpc) is 3.08. The summed E-state index contributed by atoms with van der Waals surface area (Å²) in [6, 6.07) is 3.46. The Labute approximate surface area is 106 Å². The first-order valence-electron chi connectivity index (χ1n) is 6.20. The topological polar surface area (TPSA) is 62.0 Å². The molecule has 1 fully saturated rings. The predicted octanol–water partition coefficient (Wildman–Crippen LogP) is 1.73. The van der Waals surface area contributed by atoms with E-state index in [1.807, 2.05) is 25.1 Å². The van der Waals surface area contributed by atoms with Gasteiger partial charge in [0.05, 0.1) is 0 Å². The van der Waals surface area contributed by atoms with E-state index in [1.165, 1.54) is 0 Å². The van der Waals surface area contributed by atoms with Crippen molar-refractivity contribution in [1.82, 2.24) is 10.3 Å². The Bertz CT molecular complexity index is 539. The zero-order valence-electron chi connectivity index (χ0n) is 10.7. The monoisotopic (exact) mass is 246 g/mol. The molecule has 1 heterocycles. The molecule has 0 aliphatic heterocycles. The van der Waals surface area contributed by atoms with E-state index in [2.05, 4.69) is 17.2 Å². The van der Waals surface area contributed by atoms with Crippen molar-refractivity contribution in [2.45, 2.75) is 32.1 Å². The van der Waals surface area contributed by atoms with Gasteiger partial charge in [-0.05, 0) is 31.9 Å². The van der Waals surface area contributed by atoms with Crippen molar-refractivity contribution in [1.29, 1.82) is 0 Å². The van der Waals surface area contributed by atoms with Gasteiger partial charge in [0.2, 0.25) is 0 Å². The van der Waals surface area contributed by atoms with Crippen molar-refractivity contribution in [3.8, 4) is 0 Å². The van der Waals surface area contributed by atoms with E-state index in [1.54, 1.807) is 6.07 Å². The highest BCUT2D eigenvalue weighted by Gasteiger charge is 2.40. The van der Waals surface area contributed by atoms with E-state index in [-0.39, 0.29) is 22.4 Å². The van der Waals surface area contributed by atoms with Crippen molar-refractivity contribution in [2.24, 2.45) is 0 Å². The Morgan fingerprint density at radius 1 is 1.50 bits per heavy atom. The summed E-state index contributed by atoms with van der Waals surface area (Å²) in [5.74, 6) is -0.332. The number of carbonyl (C=O) groups is 1. The van der Waals surface area contributed by atoms with E-state index >= 15 is 0 Å². The van der Waals surface area contributed by atoms with Crippen LogP contribution in [0, 0.1) is 0 Å². The highest BCUT2D eigenvalue weighted by atomic mass is 16.2. The number of allylic oxidation sites excluding steroid dienone is 1. The van der Waals surface area contributed by atoms with Gasteiger partial charge >= 0.3 is 0 Å². The number of nitrogens with one attached hydrogen (secondary N) is 2. The number of hydrogen-bond donors (Lipinski definition) is 2. The summed E-state index contributed by atoms with van der Waals surface area (Å²) >= 11 is 0. The van der Waals surface area contributed by atoms with E-state index in [0.717, 1.165) is 18.5 Å². The van der Waals surface area contributed by atoms with Crippen LogP contribution in [0.2, 0.25) is 0 Å². The molecule has 1 saturated carbocycles. The van der Waals surface area contributed by atoms with Gasteiger partial charge in [0.1, 0.15) is 5.56 Å². The normalized spacial score (nSPS) is 16.8. The molecule has 96 valence electrons. The zero-order chi connectivity index (χ0) is 13.2. The third-order valence-electron chi connectivity index (χ3n) is 3.42. The molecule has 1 amide bonds. The molecule has 2 rings (SSSR count). The molecule has 4 heteroatoms. The number of rotatable bonds is 4. The predicted molar refractivity (Wildman–Crippen MR) is 70.8 cm³/mol. The lowest BCUT2D eigenvalue weighted by atomic mass is 10.0. The van der Waals surface area contributed by atoms with E-state index in [0.29, 0.717) is 6.54 Å². The molecule has 0 saturated heterocycles. The van der Waals surface area contributed by atoms with Crippen LogP contribution in [0.15, 0.2) is 29.1 Å². The maximum absolute atomic E-state index is 11.9.